The Morgan fingerprint density at radius 3 is 3.17 bits per heavy atom. The SMILES string of the molecule is CSc1ccccc1NC(=O)C[C@@H]1COCCN1Cc1cnc[nH]1. The van der Waals surface area contributed by atoms with Crippen LogP contribution in [0.4, 0.5) is 5.69 Å². The van der Waals surface area contributed by atoms with Crippen LogP contribution in [0.2, 0.25) is 0 Å². The molecule has 0 spiro atoms. The summed E-state index contributed by atoms with van der Waals surface area (Å²) in [7, 11) is 0. The van der Waals surface area contributed by atoms with Crippen molar-refractivity contribution in [2.75, 3.05) is 31.3 Å². The molecule has 2 heterocycles. The lowest BCUT2D eigenvalue weighted by molar-refractivity contribution is -0.119. The number of nitrogens with one attached hydrogen (secondary N) is 2. The number of para-hydroxylation sites is 1. The Morgan fingerprint density at radius 1 is 1.50 bits per heavy atom. The van der Waals surface area contributed by atoms with Gasteiger partial charge in [-0.3, -0.25) is 9.69 Å². The predicted octanol–water partition coefficient (Wildman–Crippen LogP) is 2.36. The first kappa shape index (κ1) is 17.0. The summed E-state index contributed by atoms with van der Waals surface area (Å²) in [6, 6.07) is 7.92. The Bertz CT molecular complexity index is 662. The van der Waals surface area contributed by atoms with Gasteiger partial charge >= 0.3 is 0 Å². The Kier molecular flexibility index (Phi) is 5.90. The third kappa shape index (κ3) is 4.37. The van der Waals surface area contributed by atoms with Crippen LogP contribution < -0.4 is 5.32 Å². The molecule has 0 saturated carbocycles. The van der Waals surface area contributed by atoms with E-state index in [2.05, 4.69) is 20.2 Å². The highest BCUT2D eigenvalue weighted by Gasteiger charge is 2.26. The Labute approximate surface area is 146 Å². The summed E-state index contributed by atoms with van der Waals surface area (Å²) < 4.78 is 5.58. The fraction of sp³-hybridized carbons (Fsp3) is 0.412. The largest absolute Gasteiger partial charge is 0.378 e. The molecular weight excluding hydrogens is 324 g/mol. The summed E-state index contributed by atoms with van der Waals surface area (Å²) in [6.07, 6.45) is 5.92. The van der Waals surface area contributed by atoms with Crippen molar-refractivity contribution in [2.45, 2.75) is 23.9 Å². The number of nitrogens with zero attached hydrogens (tertiary/aromatic N) is 2. The molecule has 1 aromatic heterocycles. The van der Waals surface area contributed by atoms with Crippen LogP contribution in [0, 0.1) is 0 Å². The second-order valence-electron chi connectivity index (χ2n) is 5.73. The number of anilines is 1. The van der Waals surface area contributed by atoms with E-state index in [1.54, 1.807) is 18.1 Å². The molecule has 1 amide bonds. The molecule has 1 saturated heterocycles. The number of benzene rings is 1. The van der Waals surface area contributed by atoms with E-state index in [1.807, 2.05) is 36.7 Å². The van der Waals surface area contributed by atoms with Crippen LogP contribution in [0.25, 0.3) is 0 Å². The lowest BCUT2D eigenvalue weighted by Crippen LogP contribution is -2.46. The number of aromatic nitrogens is 2. The molecule has 1 aromatic carbocycles. The average Bonchev–Trinajstić information content (AvgIpc) is 3.10. The Morgan fingerprint density at radius 2 is 2.38 bits per heavy atom. The number of morpholine rings is 1. The van der Waals surface area contributed by atoms with E-state index in [0.717, 1.165) is 29.4 Å². The number of aromatic amines is 1. The molecule has 1 fully saturated rings. The molecule has 6 nitrogen and oxygen atoms in total. The van der Waals surface area contributed by atoms with Crippen molar-refractivity contribution >= 4 is 23.4 Å². The molecule has 2 N–H and O–H groups in total. The van der Waals surface area contributed by atoms with Crippen molar-refractivity contribution in [3.05, 3.63) is 42.5 Å². The van der Waals surface area contributed by atoms with Crippen molar-refractivity contribution in [3.8, 4) is 0 Å². The highest BCUT2D eigenvalue weighted by Crippen LogP contribution is 2.25. The fourth-order valence-corrected chi connectivity index (χ4v) is 3.39. The smallest absolute Gasteiger partial charge is 0.226 e. The van der Waals surface area contributed by atoms with Crippen LogP contribution in [-0.4, -0.2) is 52.8 Å². The summed E-state index contributed by atoms with van der Waals surface area (Å²) in [6.45, 7) is 2.84. The maximum atomic E-state index is 12.5. The van der Waals surface area contributed by atoms with Gasteiger partial charge in [0.25, 0.3) is 0 Å². The van der Waals surface area contributed by atoms with E-state index < -0.39 is 0 Å². The second-order valence-corrected chi connectivity index (χ2v) is 6.58. The third-order valence-corrected chi connectivity index (χ3v) is 4.88. The number of carbonyl (C=O) groups is 1. The Hall–Kier alpha value is -1.83. The summed E-state index contributed by atoms with van der Waals surface area (Å²) >= 11 is 1.63. The monoisotopic (exact) mass is 346 g/mol. The first-order chi connectivity index (χ1) is 11.8. The molecular formula is C17H22N4O2S. The molecule has 128 valence electrons. The lowest BCUT2D eigenvalue weighted by Gasteiger charge is -2.34. The van der Waals surface area contributed by atoms with Crippen LogP contribution in [0.15, 0.2) is 41.7 Å². The van der Waals surface area contributed by atoms with E-state index in [9.17, 15) is 4.79 Å². The van der Waals surface area contributed by atoms with Crippen molar-refractivity contribution < 1.29 is 9.53 Å². The predicted molar refractivity (Wildman–Crippen MR) is 95.1 cm³/mol. The van der Waals surface area contributed by atoms with Crippen LogP contribution in [0.3, 0.4) is 0 Å². The van der Waals surface area contributed by atoms with Crippen LogP contribution in [0.5, 0.6) is 0 Å². The molecule has 3 rings (SSSR count). The van der Waals surface area contributed by atoms with Gasteiger partial charge in [-0.25, -0.2) is 4.98 Å². The summed E-state index contributed by atoms with van der Waals surface area (Å²) in [5.74, 6) is 0.0154. The zero-order chi connectivity index (χ0) is 16.8. The minimum Gasteiger partial charge on any atom is -0.378 e. The summed E-state index contributed by atoms with van der Waals surface area (Å²) in [4.78, 5) is 23.0. The van der Waals surface area contributed by atoms with Gasteiger partial charge in [0.05, 0.1) is 25.2 Å². The average molecular weight is 346 g/mol. The lowest BCUT2D eigenvalue weighted by atomic mass is 10.1. The molecule has 0 aliphatic carbocycles. The third-order valence-electron chi connectivity index (χ3n) is 4.08. The Balaban J connectivity index is 1.61. The van der Waals surface area contributed by atoms with Gasteiger partial charge in [-0.2, -0.15) is 0 Å². The summed E-state index contributed by atoms with van der Waals surface area (Å²) in [5, 5.41) is 3.03. The molecule has 0 radical (unpaired) electrons. The summed E-state index contributed by atoms with van der Waals surface area (Å²) in [5.41, 5.74) is 1.92. The zero-order valence-corrected chi connectivity index (χ0v) is 14.5. The normalized spacial score (nSPS) is 18.5. The highest BCUT2D eigenvalue weighted by molar-refractivity contribution is 7.98. The van der Waals surface area contributed by atoms with Crippen LogP contribution in [-0.2, 0) is 16.1 Å². The highest BCUT2D eigenvalue weighted by atomic mass is 32.2. The van der Waals surface area contributed by atoms with Crippen LogP contribution >= 0.6 is 11.8 Å². The maximum Gasteiger partial charge on any atom is 0.226 e. The number of imidazole rings is 1. The van der Waals surface area contributed by atoms with Gasteiger partial charge in [-0.1, -0.05) is 12.1 Å². The van der Waals surface area contributed by atoms with Gasteiger partial charge in [-0.15, -0.1) is 11.8 Å². The minimum atomic E-state index is 0.0154. The zero-order valence-electron chi connectivity index (χ0n) is 13.7. The first-order valence-electron chi connectivity index (χ1n) is 7.98. The topological polar surface area (TPSA) is 70.2 Å². The number of thioether (sulfide) groups is 1. The van der Waals surface area contributed by atoms with E-state index in [1.165, 1.54) is 0 Å². The first-order valence-corrected chi connectivity index (χ1v) is 9.20. The van der Waals surface area contributed by atoms with Crippen molar-refractivity contribution in [3.63, 3.8) is 0 Å². The van der Waals surface area contributed by atoms with Gasteiger partial charge in [0.15, 0.2) is 0 Å². The quantitative estimate of drug-likeness (QED) is 0.786. The van der Waals surface area contributed by atoms with Crippen LogP contribution in [0.1, 0.15) is 12.1 Å². The second kappa shape index (κ2) is 8.32. The number of carbonyl (C=O) groups excluding carboxylic acids is 1. The number of hydrogen-bond acceptors (Lipinski definition) is 5. The molecule has 1 aliphatic rings. The van der Waals surface area contributed by atoms with E-state index in [0.29, 0.717) is 19.6 Å². The maximum absolute atomic E-state index is 12.5. The van der Waals surface area contributed by atoms with E-state index >= 15 is 0 Å². The van der Waals surface area contributed by atoms with Crippen molar-refractivity contribution in [2.24, 2.45) is 0 Å². The molecule has 0 unspecified atom stereocenters. The van der Waals surface area contributed by atoms with Crippen molar-refractivity contribution in [1.29, 1.82) is 0 Å². The number of rotatable bonds is 6. The van der Waals surface area contributed by atoms with Gasteiger partial charge in [0.2, 0.25) is 5.91 Å². The molecule has 7 heteroatoms. The number of H-pyrrole nitrogens is 1. The molecule has 24 heavy (non-hydrogen) atoms. The van der Waals surface area contributed by atoms with Gasteiger partial charge < -0.3 is 15.0 Å². The molecule has 1 atom stereocenters. The van der Waals surface area contributed by atoms with Gasteiger partial charge in [0, 0.05) is 42.3 Å². The van der Waals surface area contributed by atoms with E-state index in [-0.39, 0.29) is 11.9 Å². The van der Waals surface area contributed by atoms with Gasteiger partial charge in [-0.05, 0) is 18.4 Å². The van der Waals surface area contributed by atoms with E-state index in [4.69, 9.17) is 4.74 Å². The minimum absolute atomic E-state index is 0.0154. The fourth-order valence-electron chi connectivity index (χ4n) is 2.84. The number of hydrogen-bond donors (Lipinski definition) is 2. The number of ether oxygens (including phenoxy) is 1. The molecule has 2 aromatic rings. The standard InChI is InChI=1S/C17H22N4O2S/c1-24-16-5-3-2-4-15(16)20-17(22)8-14-11-23-7-6-21(14)10-13-9-18-12-19-13/h2-5,9,12,14H,6-8,10-11H2,1H3,(H,18,19)(H,20,22)/t14-/m1/s1. The van der Waals surface area contributed by atoms with Gasteiger partial charge in [0.1, 0.15) is 0 Å². The molecule has 1 aliphatic heterocycles. The molecule has 0 bridgehead atoms. The number of amides is 1. The van der Waals surface area contributed by atoms with Crippen molar-refractivity contribution in [1.82, 2.24) is 14.9 Å².